The first-order valence-corrected chi connectivity index (χ1v) is 16.7. The SMILES string of the molecule is c1ccc(-c2nc3ccccc3n2-c2ccc(-c3ccc(-c4nc5c6ccccc6c6ccccc6c5c5ccccc45)cc3)cc2)cc1. The van der Waals surface area contributed by atoms with Gasteiger partial charge in [-0.2, -0.15) is 0 Å². The van der Waals surface area contributed by atoms with Gasteiger partial charge in [0.15, 0.2) is 0 Å². The van der Waals surface area contributed by atoms with E-state index in [1.165, 1.54) is 32.3 Å². The minimum Gasteiger partial charge on any atom is -0.292 e. The molecule has 49 heavy (non-hydrogen) atoms. The van der Waals surface area contributed by atoms with Gasteiger partial charge in [-0.25, -0.2) is 9.97 Å². The lowest BCUT2D eigenvalue weighted by atomic mass is 9.92. The molecule has 0 saturated heterocycles. The summed E-state index contributed by atoms with van der Waals surface area (Å²) < 4.78 is 2.25. The highest BCUT2D eigenvalue weighted by Crippen LogP contribution is 2.41. The molecule has 0 fully saturated rings. The van der Waals surface area contributed by atoms with Gasteiger partial charge in [0.25, 0.3) is 0 Å². The maximum absolute atomic E-state index is 5.44. The van der Waals surface area contributed by atoms with Gasteiger partial charge in [-0.3, -0.25) is 4.57 Å². The van der Waals surface area contributed by atoms with Crippen LogP contribution in [0.15, 0.2) is 176 Å². The van der Waals surface area contributed by atoms with Crippen LogP contribution in [0.4, 0.5) is 0 Å². The highest BCUT2D eigenvalue weighted by Gasteiger charge is 2.17. The van der Waals surface area contributed by atoms with Crippen LogP contribution < -0.4 is 0 Å². The Hall–Kier alpha value is -6.58. The van der Waals surface area contributed by atoms with E-state index in [4.69, 9.17) is 9.97 Å². The summed E-state index contributed by atoms with van der Waals surface area (Å²) >= 11 is 0. The molecule has 0 bridgehead atoms. The van der Waals surface area contributed by atoms with Crippen LogP contribution in [0.1, 0.15) is 0 Å². The van der Waals surface area contributed by atoms with E-state index in [1.807, 2.05) is 12.1 Å². The van der Waals surface area contributed by atoms with Gasteiger partial charge in [0.2, 0.25) is 0 Å². The average Bonchev–Trinajstić information content (AvgIpc) is 3.58. The van der Waals surface area contributed by atoms with Crippen molar-refractivity contribution in [2.45, 2.75) is 0 Å². The molecule has 0 aliphatic carbocycles. The number of benzene rings is 8. The normalized spacial score (nSPS) is 11.7. The quantitative estimate of drug-likeness (QED) is 0.183. The third-order valence-electron chi connectivity index (χ3n) is 9.79. The lowest BCUT2D eigenvalue weighted by Crippen LogP contribution is -1.97. The third-order valence-corrected chi connectivity index (χ3v) is 9.79. The fraction of sp³-hybridized carbons (Fsp3) is 0. The largest absolute Gasteiger partial charge is 0.292 e. The number of fused-ring (bicyclic) bond motifs is 9. The van der Waals surface area contributed by atoms with Crippen molar-refractivity contribution in [3.63, 3.8) is 0 Å². The molecule has 2 heterocycles. The van der Waals surface area contributed by atoms with Crippen LogP contribution in [-0.4, -0.2) is 14.5 Å². The molecule has 10 rings (SSSR count). The van der Waals surface area contributed by atoms with Crippen molar-refractivity contribution in [1.82, 2.24) is 14.5 Å². The Labute approximate surface area is 283 Å². The fourth-order valence-corrected chi connectivity index (χ4v) is 7.50. The van der Waals surface area contributed by atoms with E-state index in [1.54, 1.807) is 0 Å². The molecule has 0 spiro atoms. The number of rotatable bonds is 4. The highest BCUT2D eigenvalue weighted by molar-refractivity contribution is 6.31. The zero-order chi connectivity index (χ0) is 32.3. The molecule has 3 nitrogen and oxygen atoms in total. The Morgan fingerprint density at radius 3 is 1.57 bits per heavy atom. The fourth-order valence-electron chi connectivity index (χ4n) is 7.50. The molecule has 10 aromatic rings. The molecule has 0 aliphatic rings. The second-order valence-electron chi connectivity index (χ2n) is 12.6. The van der Waals surface area contributed by atoms with E-state index >= 15 is 0 Å². The molecule has 0 aliphatic heterocycles. The van der Waals surface area contributed by atoms with E-state index in [-0.39, 0.29) is 0 Å². The molecule has 3 heteroatoms. The zero-order valence-corrected chi connectivity index (χ0v) is 26.6. The number of hydrogen-bond acceptors (Lipinski definition) is 2. The number of aromatic nitrogens is 3. The van der Waals surface area contributed by atoms with Gasteiger partial charge in [-0.05, 0) is 56.9 Å². The molecular weight excluding hydrogens is 595 g/mol. The molecule has 0 saturated carbocycles. The van der Waals surface area contributed by atoms with Crippen molar-refractivity contribution >= 4 is 54.3 Å². The average molecular weight is 624 g/mol. The maximum Gasteiger partial charge on any atom is 0.145 e. The number of para-hydroxylation sites is 2. The molecule has 8 aromatic carbocycles. The van der Waals surface area contributed by atoms with Gasteiger partial charge in [0.1, 0.15) is 5.82 Å². The topological polar surface area (TPSA) is 30.7 Å². The monoisotopic (exact) mass is 623 g/mol. The Morgan fingerprint density at radius 2 is 0.857 bits per heavy atom. The second kappa shape index (κ2) is 11.0. The summed E-state index contributed by atoms with van der Waals surface area (Å²) in [5.74, 6) is 0.940. The summed E-state index contributed by atoms with van der Waals surface area (Å²) in [6, 6.07) is 62.4. The molecule has 0 N–H and O–H groups in total. The van der Waals surface area contributed by atoms with Crippen LogP contribution in [0.2, 0.25) is 0 Å². The molecular formula is C46H29N3. The summed E-state index contributed by atoms with van der Waals surface area (Å²) in [7, 11) is 0. The van der Waals surface area contributed by atoms with E-state index < -0.39 is 0 Å². The van der Waals surface area contributed by atoms with Gasteiger partial charge in [0.05, 0.1) is 22.2 Å². The summed E-state index contributed by atoms with van der Waals surface area (Å²) in [5, 5.41) is 8.52. The smallest absolute Gasteiger partial charge is 0.145 e. The van der Waals surface area contributed by atoms with Crippen LogP contribution in [0.3, 0.4) is 0 Å². The second-order valence-corrected chi connectivity index (χ2v) is 12.6. The van der Waals surface area contributed by atoms with Gasteiger partial charge in [-0.15, -0.1) is 0 Å². The van der Waals surface area contributed by atoms with E-state index in [2.05, 4.69) is 168 Å². The summed E-state index contributed by atoms with van der Waals surface area (Å²) in [4.78, 5) is 10.5. The Balaban J connectivity index is 1.08. The van der Waals surface area contributed by atoms with Crippen molar-refractivity contribution in [2.75, 3.05) is 0 Å². The molecule has 0 radical (unpaired) electrons. The van der Waals surface area contributed by atoms with Gasteiger partial charge < -0.3 is 0 Å². The van der Waals surface area contributed by atoms with Crippen LogP contribution in [0.25, 0.3) is 93.7 Å². The summed E-state index contributed by atoms with van der Waals surface area (Å²) in [6.45, 7) is 0. The first kappa shape index (κ1) is 27.5. The number of imidazole rings is 1. The van der Waals surface area contributed by atoms with Crippen molar-refractivity contribution in [3.8, 4) is 39.5 Å². The molecule has 0 unspecified atom stereocenters. The van der Waals surface area contributed by atoms with Crippen LogP contribution in [0.5, 0.6) is 0 Å². The lowest BCUT2D eigenvalue weighted by molar-refractivity contribution is 1.10. The highest BCUT2D eigenvalue weighted by atomic mass is 15.1. The van der Waals surface area contributed by atoms with Crippen molar-refractivity contribution in [1.29, 1.82) is 0 Å². The molecule has 228 valence electrons. The Kier molecular flexibility index (Phi) is 6.18. The lowest BCUT2D eigenvalue weighted by Gasteiger charge is -2.15. The minimum atomic E-state index is 0.940. The first-order valence-electron chi connectivity index (χ1n) is 16.7. The first-order chi connectivity index (χ1) is 24.3. The van der Waals surface area contributed by atoms with Crippen LogP contribution >= 0.6 is 0 Å². The molecule has 0 atom stereocenters. The van der Waals surface area contributed by atoms with E-state index in [0.29, 0.717) is 0 Å². The van der Waals surface area contributed by atoms with Crippen molar-refractivity contribution in [2.24, 2.45) is 0 Å². The van der Waals surface area contributed by atoms with E-state index in [9.17, 15) is 0 Å². The summed E-state index contributed by atoms with van der Waals surface area (Å²) in [6.07, 6.45) is 0. The zero-order valence-electron chi connectivity index (χ0n) is 26.6. The van der Waals surface area contributed by atoms with Crippen LogP contribution in [-0.2, 0) is 0 Å². The molecule has 0 amide bonds. The van der Waals surface area contributed by atoms with Crippen LogP contribution in [0, 0.1) is 0 Å². The van der Waals surface area contributed by atoms with E-state index in [0.717, 1.165) is 61.4 Å². The Morgan fingerprint density at radius 1 is 0.347 bits per heavy atom. The third kappa shape index (κ3) is 4.37. The number of pyridine rings is 1. The van der Waals surface area contributed by atoms with Gasteiger partial charge in [-0.1, -0.05) is 152 Å². The minimum absolute atomic E-state index is 0.940. The van der Waals surface area contributed by atoms with Gasteiger partial charge >= 0.3 is 0 Å². The number of hydrogen-bond donors (Lipinski definition) is 0. The van der Waals surface area contributed by atoms with Crippen molar-refractivity contribution < 1.29 is 0 Å². The van der Waals surface area contributed by atoms with Crippen molar-refractivity contribution in [3.05, 3.63) is 176 Å². The predicted octanol–water partition coefficient (Wildman–Crippen LogP) is 12.0. The Bertz CT molecular complexity index is 2850. The molecule has 2 aromatic heterocycles. The summed E-state index contributed by atoms with van der Waals surface area (Å²) in [5.41, 5.74) is 9.73. The maximum atomic E-state index is 5.44. The van der Waals surface area contributed by atoms with Gasteiger partial charge in [0, 0.05) is 33.0 Å². The number of nitrogens with zero attached hydrogens (tertiary/aromatic N) is 3. The predicted molar refractivity (Wildman–Crippen MR) is 205 cm³/mol. The standard InChI is InChI=1S/C46H29N3/c1-2-12-33(13-3-1)46-47-41-20-10-11-21-42(41)49(46)34-28-26-31(27-29-34)30-22-24-32(25-23-30)44-40-19-9-7-17-38(40)43-37-16-6-4-14-35(37)36-15-5-8-18-39(36)45(43)48-44/h1-29H.